The second kappa shape index (κ2) is 7.63. The largest absolute Gasteiger partial charge is 0.416 e. The van der Waals surface area contributed by atoms with Crippen LogP contribution in [-0.4, -0.2) is 58.8 Å². The quantitative estimate of drug-likeness (QED) is 0.785. The minimum atomic E-state index is -4.47. The third kappa shape index (κ3) is 4.35. The Morgan fingerprint density at radius 2 is 2.04 bits per heavy atom. The number of nitriles is 1. The van der Waals surface area contributed by atoms with E-state index in [1.807, 2.05) is 18.0 Å². The first-order valence-corrected chi connectivity index (χ1v) is 8.14. The SMILES string of the molecule is CN1CCN(c2ccc(C(F)(F)F)cc2NC=C(C#N)c2nn[nH]n2)CC1. The van der Waals surface area contributed by atoms with Crippen LogP contribution in [0.3, 0.4) is 0 Å². The molecule has 1 aliphatic heterocycles. The number of tetrazole rings is 1. The fourth-order valence-electron chi connectivity index (χ4n) is 2.72. The molecule has 1 fully saturated rings. The van der Waals surface area contributed by atoms with Gasteiger partial charge in [-0.3, -0.25) is 0 Å². The molecule has 3 rings (SSSR count). The summed E-state index contributed by atoms with van der Waals surface area (Å²) in [4.78, 5) is 4.16. The van der Waals surface area contributed by atoms with Gasteiger partial charge in [-0.15, -0.1) is 10.2 Å². The fraction of sp³-hybridized carbons (Fsp3) is 0.375. The maximum atomic E-state index is 13.1. The van der Waals surface area contributed by atoms with E-state index in [1.165, 1.54) is 12.3 Å². The molecule has 0 amide bonds. The highest BCUT2D eigenvalue weighted by atomic mass is 19.4. The van der Waals surface area contributed by atoms with E-state index in [2.05, 4.69) is 30.8 Å². The van der Waals surface area contributed by atoms with Crippen LogP contribution in [-0.2, 0) is 6.18 Å². The Morgan fingerprint density at radius 3 is 2.63 bits per heavy atom. The van der Waals surface area contributed by atoms with Gasteiger partial charge >= 0.3 is 6.18 Å². The van der Waals surface area contributed by atoms with Crippen molar-refractivity contribution in [3.8, 4) is 6.07 Å². The van der Waals surface area contributed by atoms with Crippen molar-refractivity contribution in [3.05, 3.63) is 35.8 Å². The number of H-pyrrole nitrogens is 1. The summed E-state index contributed by atoms with van der Waals surface area (Å²) in [7, 11) is 2.00. The van der Waals surface area contributed by atoms with E-state index >= 15 is 0 Å². The van der Waals surface area contributed by atoms with Crippen LogP contribution in [0.2, 0.25) is 0 Å². The van der Waals surface area contributed by atoms with Crippen LogP contribution < -0.4 is 10.2 Å². The highest BCUT2D eigenvalue weighted by molar-refractivity contribution is 5.78. The lowest BCUT2D eigenvalue weighted by atomic mass is 10.1. The summed E-state index contributed by atoms with van der Waals surface area (Å²) in [6, 6.07) is 5.44. The molecule has 2 N–H and O–H groups in total. The zero-order chi connectivity index (χ0) is 19.4. The van der Waals surface area contributed by atoms with E-state index in [-0.39, 0.29) is 17.1 Å². The summed E-state index contributed by atoms with van der Waals surface area (Å²) < 4.78 is 39.4. The van der Waals surface area contributed by atoms with Gasteiger partial charge in [-0.1, -0.05) is 0 Å². The smallest absolute Gasteiger partial charge is 0.367 e. The molecule has 0 aliphatic carbocycles. The summed E-state index contributed by atoms with van der Waals surface area (Å²) >= 11 is 0. The molecule has 0 radical (unpaired) electrons. The predicted molar refractivity (Wildman–Crippen MR) is 92.5 cm³/mol. The van der Waals surface area contributed by atoms with Crippen molar-refractivity contribution < 1.29 is 13.2 Å². The average Bonchev–Trinajstić information content (AvgIpc) is 3.17. The number of allylic oxidation sites excluding steroid dienone is 1. The maximum absolute atomic E-state index is 13.1. The number of benzene rings is 1. The Hall–Kier alpha value is -3.13. The number of aromatic amines is 1. The molecule has 2 aromatic rings. The molecule has 0 saturated carbocycles. The van der Waals surface area contributed by atoms with Gasteiger partial charge < -0.3 is 15.1 Å². The van der Waals surface area contributed by atoms with E-state index in [0.717, 1.165) is 25.2 Å². The molecule has 0 atom stereocenters. The average molecular weight is 378 g/mol. The topological polar surface area (TPSA) is 96.8 Å². The van der Waals surface area contributed by atoms with E-state index in [1.54, 1.807) is 0 Å². The molecular formula is C16H17F3N8. The number of likely N-dealkylation sites (N-methyl/N-ethyl adjacent to an activating group) is 1. The molecular weight excluding hydrogens is 361 g/mol. The number of nitrogens with zero attached hydrogens (tertiary/aromatic N) is 6. The minimum Gasteiger partial charge on any atom is -0.367 e. The van der Waals surface area contributed by atoms with Gasteiger partial charge in [-0.2, -0.15) is 23.6 Å². The molecule has 2 heterocycles. The molecule has 1 aliphatic rings. The Balaban J connectivity index is 1.94. The molecule has 0 unspecified atom stereocenters. The fourth-order valence-corrected chi connectivity index (χ4v) is 2.72. The Labute approximate surface area is 153 Å². The van der Waals surface area contributed by atoms with Crippen LogP contribution in [0.1, 0.15) is 11.4 Å². The van der Waals surface area contributed by atoms with Crippen LogP contribution in [0.4, 0.5) is 24.5 Å². The van der Waals surface area contributed by atoms with Gasteiger partial charge in [0, 0.05) is 32.4 Å². The zero-order valence-corrected chi connectivity index (χ0v) is 14.5. The highest BCUT2D eigenvalue weighted by Crippen LogP contribution is 2.36. The van der Waals surface area contributed by atoms with E-state index < -0.39 is 11.7 Å². The summed E-state index contributed by atoms with van der Waals surface area (Å²) in [5, 5.41) is 25.0. The number of halogens is 3. The molecule has 0 bridgehead atoms. The van der Waals surface area contributed by atoms with Crippen LogP contribution in [0.5, 0.6) is 0 Å². The maximum Gasteiger partial charge on any atom is 0.416 e. The molecule has 0 spiro atoms. The summed E-state index contributed by atoms with van der Waals surface area (Å²) in [6.07, 6.45) is -3.19. The molecule has 1 aromatic heterocycles. The van der Waals surface area contributed by atoms with Crippen LogP contribution >= 0.6 is 0 Å². The summed E-state index contributed by atoms with van der Waals surface area (Å²) in [5.41, 5.74) is 0.170. The number of alkyl halides is 3. The predicted octanol–water partition coefficient (Wildman–Crippen LogP) is 1.95. The Morgan fingerprint density at radius 1 is 1.30 bits per heavy atom. The van der Waals surface area contributed by atoms with Gasteiger partial charge in [0.2, 0.25) is 5.82 Å². The van der Waals surface area contributed by atoms with E-state index in [0.29, 0.717) is 18.8 Å². The summed E-state index contributed by atoms with van der Waals surface area (Å²) in [5.74, 6) is 0.0538. The van der Waals surface area contributed by atoms with Crippen molar-refractivity contribution in [3.63, 3.8) is 0 Å². The molecule has 27 heavy (non-hydrogen) atoms. The number of hydrogen-bond acceptors (Lipinski definition) is 7. The van der Waals surface area contributed by atoms with Crippen molar-refractivity contribution in [2.45, 2.75) is 6.18 Å². The number of nitrogens with one attached hydrogen (secondary N) is 2. The van der Waals surface area contributed by atoms with Gasteiger partial charge in [0.1, 0.15) is 11.6 Å². The summed E-state index contributed by atoms with van der Waals surface area (Å²) in [6.45, 7) is 3.00. The minimum absolute atomic E-state index is 0.0467. The van der Waals surface area contributed by atoms with E-state index in [9.17, 15) is 18.4 Å². The normalized spacial score (nSPS) is 16.3. The highest BCUT2D eigenvalue weighted by Gasteiger charge is 2.31. The monoisotopic (exact) mass is 378 g/mol. The van der Waals surface area contributed by atoms with Crippen LogP contribution in [0, 0.1) is 11.3 Å². The van der Waals surface area contributed by atoms with Crippen molar-refractivity contribution >= 4 is 16.9 Å². The number of anilines is 2. The first-order chi connectivity index (χ1) is 12.9. The lowest BCUT2D eigenvalue weighted by Gasteiger charge is -2.35. The first kappa shape index (κ1) is 18.7. The van der Waals surface area contributed by atoms with Crippen molar-refractivity contribution in [2.24, 2.45) is 0 Å². The van der Waals surface area contributed by atoms with Gasteiger partial charge in [0.25, 0.3) is 0 Å². The second-order valence-corrected chi connectivity index (χ2v) is 6.07. The number of rotatable bonds is 4. The van der Waals surface area contributed by atoms with Crippen LogP contribution in [0.15, 0.2) is 24.4 Å². The Bertz CT molecular complexity index is 846. The zero-order valence-electron chi connectivity index (χ0n) is 14.5. The second-order valence-electron chi connectivity index (χ2n) is 6.07. The third-order valence-electron chi connectivity index (χ3n) is 4.25. The lowest BCUT2D eigenvalue weighted by molar-refractivity contribution is -0.137. The number of aromatic nitrogens is 4. The van der Waals surface area contributed by atoms with Gasteiger partial charge in [0.05, 0.1) is 16.9 Å². The Kier molecular flexibility index (Phi) is 5.27. The molecule has 142 valence electrons. The molecule has 8 nitrogen and oxygen atoms in total. The molecule has 1 saturated heterocycles. The van der Waals surface area contributed by atoms with Gasteiger partial charge in [-0.05, 0) is 30.5 Å². The first-order valence-electron chi connectivity index (χ1n) is 8.14. The third-order valence-corrected chi connectivity index (χ3v) is 4.25. The number of piperazine rings is 1. The number of hydrogen-bond donors (Lipinski definition) is 2. The molecule has 11 heteroatoms. The molecule has 1 aromatic carbocycles. The van der Waals surface area contributed by atoms with Crippen molar-refractivity contribution in [1.82, 2.24) is 25.5 Å². The van der Waals surface area contributed by atoms with Crippen molar-refractivity contribution in [1.29, 1.82) is 5.26 Å². The van der Waals surface area contributed by atoms with Gasteiger partial charge in [-0.25, -0.2) is 0 Å². The lowest BCUT2D eigenvalue weighted by Crippen LogP contribution is -2.44. The van der Waals surface area contributed by atoms with Crippen LogP contribution in [0.25, 0.3) is 5.57 Å². The van der Waals surface area contributed by atoms with Gasteiger partial charge in [0.15, 0.2) is 0 Å². The van der Waals surface area contributed by atoms with E-state index in [4.69, 9.17) is 0 Å². The standard InChI is InChI=1S/C16H17F3N8/c1-26-4-6-27(7-5-26)14-3-2-12(16(17,18)19)8-13(14)21-10-11(9-20)15-22-24-25-23-15/h2-3,8,10,21H,4-7H2,1H3,(H,22,23,24,25). The van der Waals surface area contributed by atoms with Crippen molar-refractivity contribution in [2.75, 3.05) is 43.4 Å².